The first-order chi connectivity index (χ1) is 12.6. The standard InChI is InChI=1S/C20H25ClN2O3S/c1-5-19(20(24)22-17-10-6-15(7-11-17)14(2)3)23(27(4,25)26)18-12-8-16(21)9-13-18/h6-14,19H,5H2,1-4H3,(H,22,24). The molecule has 2 aromatic rings. The van der Waals surface area contributed by atoms with Gasteiger partial charge in [0, 0.05) is 10.7 Å². The molecule has 0 aliphatic carbocycles. The van der Waals surface area contributed by atoms with Gasteiger partial charge in [0.05, 0.1) is 11.9 Å². The van der Waals surface area contributed by atoms with E-state index in [1.54, 1.807) is 31.2 Å². The predicted octanol–water partition coefficient (Wildman–Crippen LogP) is 4.65. The van der Waals surface area contributed by atoms with Gasteiger partial charge < -0.3 is 5.32 Å². The SMILES string of the molecule is CCC(C(=O)Nc1ccc(C(C)C)cc1)N(c1ccc(Cl)cc1)S(C)(=O)=O. The topological polar surface area (TPSA) is 66.5 Å². The van der Waals surface area contributed by atoms with Crippen LogP contribution in [0.4, 0.5) is 11.4 Å². The van der Waals surface area contributed by atoms with Gasteiger partial charge in [-0.2, -0.15) is 0 Å². The molecule has 0 saturated carbocycles. The van der Waals surface area contributed by atoms with Crippen LogP contribution in [-0.2, 0) is 14.8 Å². The third-order valence-electron chi connectivity index (χ3n) is 4.26. The molecule has 0 spiro atoms. The van der Waals surface area contributed by atoms with E-state index in [0.717, 1.165) is 10.6 Å². The van der Waals surface area contributed by atoms with E-state index in [1.807, 2.05) is 24.3 Å². The average molecular weight is 409 g/mol. The quantitative estimate of drug-likeness (QED) is 0.725. The predicted molar refractivity (Wildman–Crippen MR) is 112 cm³/mol. The fourth-order valence-corrected chi connectivity index (χ4v) is 4.16. The number of nitrogens with zero attached hydrogens (tertiary/aromatic N) is 1. The first-order valence-corrected chi connectivity index (χ1v) is 11.0. The maximum atomic E-state index is 12.8. The lowest BCUT2D eigenvalue weighted by atomic mass is 10.0. The number of hydrogen-bond acceptors (Lipinski definition) is 3. The lowest BCUT2D eigenvalue weighted by Gasteiger charge is -2.30. The lowest BCUT2D eigenvalue weighted by Crippen LogP contribution is -2.46. The summed E-state index contributed by atoms with van der Waals surface area (Å²) >= 11 is 5.90. The first-order valence-electron chi connectivity index (χ1n) is 8.79. The second-order valence-corrected chi connectivity index (χ2v) is 9.02. The number of rotatable bonds is 7. The zero-order chi connectivity index (χ0) is 20.2. The molecule has 0 aliphatic heterocycles. The third-order valence-corrected chi connectivity index (χ3v) is 5.69. The van der Waals surface area contributed by atoms with Crippen molar-refractivity contribution in [3.05, 3.63) is 59.1 Å². The highest BCUT2D eigenvalue weighted by Crippen LogP contribution is 2.25. The highest BCUT2D eigenvalue weighted by atomic mass is 35.5. The Bertz CT molecular complexity index is 878. The summed E-state index contributed by atoms with van der Waals surface area (Å²) in [4.78, 5) is 12.8. The smallest absolute Gasteiger partial charge is 0.248 e. The van der Waals surface area contributed by atoms with Crippen LogP contribution in [0.15, 0.2) is 48.5 Å². The van der Waals surface area contributed by atoms with Gasteiger partial charge >= 0.3 is 0 Å². The van der Waals surface area contributed by atoms with Crippen LogP contribution in [0.3, 0.4) is 0 Å². The molecule has 0 bridgehead atoms. The van der Waals surface area contributed by atoms with Gasteiger partial charge in [-0.1, -0.05) is 44.5 Å². The van der Waals surface area contributed by atoms with Crippen LogP contribution in [0.25, 0.3) is 0 Å². The largest absolute Gasteiger partial charge is 0.324 e. The van der Waals surface area contributed by atoms with E-state index in [-0.39, 0.29) is 5.91 Å². The Labute approximate surface area is 166 Å². The van der Waals surface area contributed by atoms with Crippen LogP contribution in [0.1, 0.15) is 38.7 Å². The van der Waals surface area contributed by atoms with Gasteiger partial charge in [0.25, 0.3) is 0 Å². The van der Waals surface area contributed by atoms with Crippen molar-refractivity contribution < 1.29 is 13.2 Å². The van der Waals surface area contributed by atoms with Gasteiger partial charge in [0.2, 0.25) is 15.9 Å². The Hall–Kier alpha value is -2.05. The number of halogens is 1. The Kier molecular flexibility index (Phi) is 6.89. The molecule has 1 unspecified atom stereocenters. The van der Waals surface area contributed by atoms with Crippen LogP contribution in [0, 0.1) is 0 Å². The number of hydrogen-bond donors (Lipinski definition) is 1. The van der Waals surface area contributed by atoms with Crippen molar-refractivity contribution >= 4 is 38.9 Å². The van der Waals surface area contributed by atoms with Crippen LogP contribution in [-0.4, -0.2) is 26.6 Å². The van der Waals surface area contributed by atoms with Crippen LogP contribution in [0.2, 0.25) is 5.02 Å². The number of benzene rings is 2. The second-order valence-electron chi connectivity index (χ2n) is 6.73. The van der Waals surface area contributed by atoms with Gasteiger partial charge in [-0.15, -0.1) is 0 Å². The van der Waals surface area contributed by atoms with E-state index in [9.17, 15) is 13.2 Å². The Morgan fingerprint density at radius 3 is 2.07 bits per heavy atom. The van der Waals surface area contributed by atoms with E-state index in [4.69, 9.17) is 11.6 Å². The third kappa shape index (κ3) is 5.47. The minimum Gasteiger partial charge on any atom is -0.324 e. The molecule has 0 aromatic heterocycles. The maximum absolute atomic E-state index is 12.8. The summed E-state index contributed by atoms with van der Waals surface area (Å²) in [6.45, 7) is 5.97. The van der Waals surface area contributed by atoms with E-state index >= 15 is 0 Å². The molecule has 7 heteroatoms. The van der Waals surface area contributed by atoms with E-state index < -0.39 is 16.1 Å². The molecule has 1 N–H and O–H groups in total. The molecule has 5 nitrogen and oxygen atoms in total. The summed E-state index contributed by atoms with van der Waals surface area (Å²) in [7, 11) is -3.67. The molecule has 1 atom stereocenters. The van der Waals surface area contributed by atoms with Crippen LogP contribution in [0.5, 0.6) is 0 Å². The summed E-state index contributed by atoms with van der Waals surface area (Å²) in [6, 6.07) is 13.1. The Balaban J connectivity index is 2.30. The Morgan fingerprint density at radius 2 is 1.63 bits per heavy atom. The monoisotopic (exact) mass is 408 g/mol. The number of nitrogens with one attached hydrogen (secondary N) is 1. The van der Waals surface area contributed by atoms with E-state index in [0.29, 0.717) is 28.7 Å². The van der Waals surface area contributed by atoms with Crippen LogP contribution < -0.4 is 9.62 Å². The fraction of sp³-hybridized carbons (Fsp3) is 0.350. The van der Waals surface area contributed by atoms with Crippen molar-refractivity contribution in [3.63, 3.8) is 0 Å². The van der Waals surface area contributed by atoms with Crippen molar-refractivity contribution in [2.75, 3.05) is 15.9 Å². The van der Waals surface area contributed by atoms with Crippen molar-refractivity contribution in [1.82, 2.24) is 0 Å². The lowest BCUT2D eigenvalue weighted by molar-refractivity contribution is -0.117. The zero-order valence-electron chi connectivity index (χ0n) is 15.9. The first kappa shape index (κ1) is 21.3. The highest BCUT2D eigenvalue weighted by Gasteiger charge is 2.31. The number of carbonyl (C=O) groups is 1. The van der Waals surface area contributed by atoms with Gasteiger partial charge in [-0.25, -0.2) is 8.42 Å². The highest BCUT2D eigenvalue weighted by molar-refractivity contribution is 7.92. The molecule has 2 aromatic carbocycles. The minimum atomic E-state index is -3.67. The van der Waals surface area contributed by atoms with Gasteiger partial charge in [-0.3, -0.25) is 9.10 Å². The molecular formula is C20H25ClN2O3S. The normalized spacial score (nSPS) is 12.7. The molecule has 0 saturated heterocycles. The summed E-state index contributed by atoms with van der Waals surface area (Å²) in [5.41, 5.74) is 2.20. The Morgan fingerprint density at radius 1 is 1.07 bits per heavy atom. The summed E-state index contributed by atoms with van der Waals surface area (Å²) in [5, 5.41) is 3.32. The average Bonchev–Trinajstić information content (AvgIpc) is 2.60. The van der Waals surface area contributed by atoms with Crippen molar-refractivity contribution in [2.45, 2.75) is 39.2 Å². The fourth-order valence-electron chi connectivity index (χ4n) is 2.83. The van der Waals surface area contributed by atoms with Gasteiger partial charge in [-0.05, 0) is 54.3 Å². The number of carbonyl (C=O) groups excluding carboxylic acids is 1. The van der Waals surface area contributed by atoms with E-state index in [2.05, 4.69) is 19.2 Å². The van der Waals surface area contributed by atoms with E-state index in [1.165, 1.54) is 5.56 Å². The molecule has 2 rings (SSSR count). The van der Waals surface area contributed by atoms with Crippen molar-refractivity contribution in [1.29, 1.82) is 0 Å². The van der Waals surface area contributed by atoms with Crippen LogP contribution >= 0.6 is 11.6 Å². The minimum absolute atomic E-state index is 0.325. The van der Waals surface area contributed by atoms with Gasteiger partial charge in [0.15, 0.2) is 0 Å². The molecule has 0 radical (unpaired) electrons. The summed E-state index contributed by atoms with van der Waals surface area (Å²) < 4.78 is 26.0. The molecule has 0 fully saturated rings. The number of amides is 1. The summed E-state index contributed by atoms with van der Waals surface area (Å²) in [6.07, 6.45) is 1.42. The molecule has 0 heterocycles. The zero-order valence-corrected chi connectivity index (χ0v) is 17.5. The van der Waals surface area contributed by atoms with Crippen molar-refractivity contribution in [2.24, 2.45) is 0 Å². The maximum Gasteiger partial charge on any atom is 0.248 e. The molecule has 1 amide bonds. The molecule has 0 aliphatic rings. The molecular weight excluding hydrogens is 384 g/mol. The summed E-state index contributed by atoms with van der Waals surface area (Å²) in [5.74, 6) is 0.0129. The molecule has 27 heavy (non-hydrogen) atoms. The number of anilines is 2. The second kappa shape index (κ2) is 8.76. The molecule has 146 valence electrons. The van der Waals surface area contributed by atoms with Gasteiger partial charge in [0.1, 0.15) is 6.04 Å². The number of sulfonamides is 1. The van der Waals surface area contributed by atoms with Crippen molar-refractivity contribution in [3.8, 4) is 0 Å².